The molecule has 2 aliphatic rings. The highest BCUT2D eigenvalue weighted by Gasteiger charge is 2.39. The summed E-state index contributed by atoms with van der Waals surface area (Å²) in [4.78, 5) is 15.3. The Hall–Kier alpha value is -0.820. The molecule has 0 saturated carbocycles. The fraction of sp³-hybridized carbons (Fsp3) is 0.667. The number of carbonyl (C=O) groups excluding carboxylic acids is 1. The van der Waals surface area contributed by atoms with E-state index in [4.69, 9.17) is 16.3 Å². The number of hydrogen-bond donors (Lipinski definition) is 2. The molecule has 22 heavy (non-hydrogen) atoms. The van der Waals surface area contributed by atoms with Gasteiger partial charge in [0.2, 0.25) is 0 Å². The van der Waals surface area contributed by atoms with Crippen LogP contribution in [-0.4, -0.2) is 47.9 Å². The van der Waals surface area contributed by atoms with Gasteiger partial charge in [-0.1, -0.05) is 11.6 Å². The van der Waals surface area contributed by atoms with Crippen LogP contribution in [0.2, 0.25) is 4.34 Å². The number of likely N-dealkylation sites (tertiary alicyclic amines) is 1. The number of nitrogens with zero attached hydrogens (tertiary/aromatic N) is 1. The Labute approximate surface area is 139 Å². The maximum absolute atomic E-state index is 12.4. The van der Waals surface area contributed by atoms with Crippen molar-refractivity contribution >= 4 is 29.0 Å². The largest absolute Gasteiger partial charge is 0.393 e. The number of thiophene rings is 1. The van der Waals surface area contributed by atoms with Gasteiger partial charge in [-0.25, -0.2) is 4.79 Å². The normalized spacial score (nSPS) is 28.8. The van der Waals surface area contributed by atoms with E-state index < -0.39 is 0 Å². The van der Waals surface area contributed by atoms with Gasteiger partial charge in [0, 0.05) is 30.0 Å². The van der Waals surface area contributed by atoms with E-state index in [0.29, 0.717) is 26.2 Å². The highest BCUT2D eigenvalue weighted by Crippen LogP contribution is 2.30. The van der Waals surface area contributed by atoms with Crippen LogP contribution < -0.4 is 5.32 Å². The molecule has 2 N–H and O–H groups in total. The van der Waals surface area contributed by atoms with Crippen LogP contribution in [0.1, 0.15) is 24.1 Å². The summed E-state index contributed by atoms with van der Waals surface area (Å²) in [6, 6.07) is 3.77. The van der Waals surface area contributed by atoms with Crippen molar-refractivity contribution in [2.75, 3.05) is 19.8 Å². The van der Waals surface area contributed by atoms with E-state index in [1.54, 1.807) is 0 Å². The monoisotopic (exact) mass is 344 g/mol. The lowest BCUT2D eigenvalue weighted by atomic mass is 9.89. The molecule has 3 heterocycles. The Balaban J connectivity index is 1.58. The van der Waals surface area contributed by atoms with E-state index in [1.165, 1.54) is 11.3 Å². The van der Waals surface area contributed by atoms with Gasteiger partial charge in [0.15, 0.2) is 0 Å². The summed E-state index contributed by atoms with van der Waals surface area (Å²) in [6.45, 7) is 2.37. The molecule has 0 spiro atoms. The Morgan fingerprint density at radius 3 is 3.09 bits per heavy atom. The van der Waals surface area contributed by atoms with Crippen molar-refractivity contribution < 1.29 is 14.6 Å². The second-order valence-electron chi connectivity index (χ2n) is 5.86. The minimum Gasteiger partial charge on any atom is -0.393 e. The predicted octanol–water partition coefficient (Wildman–Crippen LogP) is 2.47. The average Bonchev–Trinajstić information content (AvgIpc) is 3.14. The van der Waals surface area contributed by atoms with Gasteiger partial charge in [0.05, 0.1) is 23.6 Å². The maximum Gasteiger partial charge on any atom is 0.317 e. The molecule has 0 aliphatic carbocycles. The van der Waals surface area contributed by atoms with E-state index in [9.17, 15) is 9.90 Å². The first-order valence-corrected chi connectivity index (χ1v) is 8.89. The molecule has 5 nitrogen and oxygen atoms in total. The molecule has 3 atom stereocenters. The van der Waals surface area contributed by atoms with Crippen LogP contribution >= 0.6 is 22.9 Å². The van der Waals surface area contributed by atoms with Crippen LogP contribution in [0.3, 0.4) is 0 Å². The maximum atomic E-state index is 12.4. The van der Waals surface area contributed by atoms with Crippen molar-refractivity contribution in [1.29, 1.82) is 0 Å². The van der Waals surface area contributed by atoms with Crippen LogP contribution in [0, 0.1) is 5.92 Å². The molecule has 0 bridgehead atoms. The number of nitrogens with one attached hydrogen (secondary N) is 1. The highest BCUT2D eigenvalue weighted by atomic mass is 35.5. The molecule has 2 amide bonds. The first-order valence-electron chi connectivity index (χ1n) is 7.69. The van der Waals surface area contributed by atoms with Crippen molar-refractivity contribution in [2.45, 2.75) is 38.0 Å². The van der Waals surface area contributed by atoms with Crippen LogP contribution in [0.15, 0.2) is 12.1 Å². The number of ether oxygens (including phenoxy) is 1. The molecule has 7 heteroatoms. The zero-order valence-electron chi connectivity index (χ0n) is 12.3. The Kier molecular flexibility index (Phi) is 5.23. The third-order valence-corrected chi connectivity index (χ3v) is 5.69. The van der Waals surface area contributed by atoms with Gasteiger partial charge < -0.3 is 20.1 Å². The molecule has 2 aliphatic heterocycles. The lowest BCUT2D eigenvalue weighted by Crippen LogP contribution is -2.50. The topological polar surface area (TPSA) is 61.8 Å². The molecule has 2 fully saturated rings. The Bertz CT molecular complexity index is 525. The molecule has 1 aromatic heterocycles. The molecule has 3 unspecified atom stereocenters. The van der Waals surface area contributed by atoms with Gasteiger partial charge in [0.1, 0.15) is 0 Å². The van der Waals surface area contributed by atoms with Gasteiger partial charge in [-0.05, 0) is 31.4 Å². The fourth-order valence-electron chi connectivity index (χ4n) is 3.32. The summed E-state index contributed by atoms with van der Waals surface area (Å²) < 4.78 is 6.22. The average molecular weight is 345 g/mol. The number of aliphatic hydroxyl groups excluding tert-OH is 1. The first kappa shape index (κ1) is 16.1. The van der Waals surface area contributed by atoms with Gasteiger partial charge in [-0.2, -0.15) is 0 Å². The minimum absolute atomic E-state index is 0.0261. The number of amides is 2. The molecule has 0 aromatic carbocycles. The summed E-state index contributed by atoms with van der Waals surface area (Å²) >= 11 is 7.37. The number of urea groups is 1. The molecule has 0 radical (unpaired) electrons. The molecular formula is C15H21ClN2O3S. The van der Waals surface area contributed by atoms with Crippen molar-refractivity contribution in [3.8, 4) is 0 Å². The summed E-state index contributed by atoms with van der Waals surface area (Å²) in [7, 11) is 0. The van der Waals surface area contributed by atoms with Crippen LogP contribution in [0.25, 0.3) is 0 Å². The quantitative estimate of drug-likeness (QED) is 0.885. The van der Waals surface area contributed by atoms with Gasteiger partial charge in [0.25, 0.3) is 0 Å². The zero-order valence-corrected chi connectivity index (χ0v) is 13.9. The fourth-order valence-corrected chi connectivity index (χ4v) is 4.34. The second-order valence-corrected chi connectivity index (χ2v) is 7.66. The predicted molar refractivity (Wildman–Crippen MR) is 86.2 cm³/mol. The standard InChI is InChI=1S/C15H21ClN2O3S/c16-14-4-3-10(22-14)8-17-15(20)18-6-1-2-12(18)11-9-21-7-5-13(11)19/h3-4,11-13,19H,1-2,5-9H2,(H,17,20). The van der Waals surface area contributed by atoms with Crippen molar-refractivity contribution in [3.63, 3.8) is 0 Å². The van der Waals surface area contributed by atoms with Gasteiger partial charge >= 0.3 is 6.03 Å². The van der Waals surface area contributed by atoms with Gasteiger partial charge in [-0.3, -0.25) is 0 Å². The number of aliphatic hydroxyl groups is 1. The number of carbonyl (C=O) groups is 1. The van der Waals surface area contributed by atoms with Crippen molar-refractivity contribution in [3.05, 3.63) is 21.3 Å². The molecular weight excluding hydrogens is 324 g/mol. The number of hydrogen-bond acceptors (Lipinski definition) is 4. The van der Waals surface area contributed by atoms with Crippen molar-refractivity contribution in [2.24, 2.45) is 5.92 Å². The van der Waals surface area contributed by atoms with Crippen LogP contribution in [-0.2, 0) is 11.3 Å². The minimum atomic E-state index is -0.372. The zero-order chi connectivity index (χ0) is 15.5. The van der Waals surface area contributed by atoms with Crippen LogP contribution in [0.5, 0.6) is 0 Å². The lowest BCUT2D eigenvalue weighted by Gasteiger charge is -2.36. The van der Waals surface area contributed by atoms with E-state index in [-0.39, 0.29) is 24.1 Å². The van der Waals surface area contributed by atoms with E-state index in [0.717, 1.165) is 28.6 Å². The molecule has 3 rings (SSSR count). The highest BCUT2D eigenvalue weighted by molar-refractivity contribution is 7.16. The summed E-state index contributed by atoms with van der Waals surface area (Å²) in [6.07, 6.45) is 2.20. The smallest absolute Gasteiger partial charge is 0.317 e. The van der Waals surface area contributed by atoms with Crippen LogP contribution in [0.4, 0.5) is 4.79 Å². The third-order valence-electron chi connectivity index (χ3n) is 4.46. The molecule has 122 valence electrons. The number of halogens is 1. The van der Waals surface area contributed by atoms with E-state index in [2.05, 4.69) is 5.32 Å². The van der Waals surface area contributed by atoms with E-state index in [1.807, 2.05) is 17.0 Å². The SMILES string of the molecule is O=C(NCc1ccc(Cl)s1)N1CCCC1C1COCCC1O. The van der Waals surface area contributed by atoms with Gasteiger partial charge in [-0.15, -0.1) is 11.3 Å². The third kappa shape index (κ3) is 3.56. The second kappa shape index (κ2) is 7.17. The lowest BCUT2D eigenvalue weighted by molar-refractivity contribution is -0.0576. The summed E-state index contributed by atoms with van der Waals surface area (Å²) in [5.41, 5.74) is 0. The van der Waals surface area contributed by atoms with Crippen molar-refractivity contribution in [1.82, 2.24) is 10.2 Å². The molecule has 2 saturated heterocycles. The Morgan fingerprint density at radius 2 is 2.36 bits per heavy atom. The summed E-state index contributed by atoms with van der Waals surface area (Å²) in [5.74, 6) is 0.0261. The van der Waals surface area contributed by atoms with E-state index >= 15 is 0 Å². The first-order chi connectivity index (χ1) is 10.6. The molecule has 1 aromatic rings. The summed E-state index contributed by atoms with van der Waals surface area (Å²) in [5, 5.41) is 13.1. The Morgan fingerprint density at radius 1 is 1.50 bits per heavy atom. The number of rotatable bonds is 3.